The molecule has 0 bridgehead atoms. The Hall–Kier alpha value is -1.33. The average Bonchev–Trinajstić information content (AvgIpc) is 2.79. The molecule has 1 heterocycles. The number of hydrogen-bond acceptors (Lipinski definition) is 6. The van der Waals surface area contributed by atoms with Crippen LogP contribution in [0.3, 0.4) is 0 Å². The molecule has 8 heteroatoms. The predicted molar refractivity (Wildman–Crippen MR) is 83.0 cm³/mol. The maximum Gasteiger partial charge on any atom is 0.233 e. The summed E-state index contributed by atoms with van der Waals surface area (Å²) in [4.78, 5) is 13.7. The molecule has 0 saturated carbocycles. The van der Waals surface area contributed by atoms with Crippen molar-refractivity contribution in [2.24, 2.45) is 0 Å². The molecule has 0 aliphatic heterocycles. The molecule has 110 valence electrons. The van der Waals surface area contributed by atoms with E-state index in [1.54, 1.807) is 11.8 Å². The highest BCUT2D eigenvalue weighted by atomic mass is 32.2. The Morgan fingerprint density at radius 1 is 1.30 bits per heavy atom. The summed E-state index contributed by atoms with van der Waals surface area (Å²) in [6.07, 6.45) is 0. The van der Waals surface area contributed by atoms with E-state index in [-0.39, 0.29) is 5.91 Å². The van der Waals surface area contributed by atoms with Gasteiger partial charge in [-0.05, 0) is 20.8 Å². The number of aromatic nitrogens is 3. The Morgan fingerprint density at radius 3 is 2.45 bits per heavy atom. The van der Waals surface area contributed by atoms with Crippen LogP contribution in [0.25, 0.3) is 0 Å². The van der Waals surface area contributed by atoms with E-state index in [0.29, 0.717) is 34.9 Å². The van der Waals surface area contributed by atoms with Gasteiger partial charge in [-0.3, -0.25) is 4.79 Å². The van der Waals surface area contributed by atoms with Gasteiger partial charge in [0.2, 0.25) is 16.2 Å². The molecule has 0 fully saturated rings. The maximum absolute atomic E-state index is 11.9. The number of nitrogen functional groups attached to an aromatic ring is 1. The van der Waals surface area contributed by atoms with Crippen molar-refractivity contribution in [1.82, 2.24) is 19.8 Å². The van der Waals surface area contributed by atoms with E-state index in [4.69, 9.17) is 5.84 Å². The molecule has 6 nitrogen and oxygen atoms in total. The summed E-state index contributed by atoms with van der Waals surface area (Å²) in [6, 6.07) is 0. The van der Waals surface area contributed by atoms with E-state index in [0.717, 1.165) is 0 Å². The lowest BCUT2D eigenvalue weighted by Gasteiger charge is -2.17. The highest BCUT2D eigenvalue weighted by Crippen LogP contribution is 2.20. The second-order valence-electron chi connectivity index (χ2n) is 3.71. The predicted octanol–water partition coefficient (Wildman–Crippen LogP) is 1.07. The van der Waals surface area contributed by atoms with Crippen LogP contribution >= 0.6 is 23.5 Å². The number of amides is 1. The van der Waals surface area contributed by atoms with Gasteiger partial charge in [-0.15, -0.1) is 16.1 Å². The molecule has 1 rings (SSSR count). The van der Waals surface area contributed by atoms with Crippen molar-refractivity contribution >= 4 is 29.4 Å². The van der Waals surface area contributed by atoms with Crippen LogP contribution < -0.4 is 5.84 Å². The molecule has 0 saturated heterocycles. The fourth-order valence-corrected chi connectivity index (χ4v) is 2.91. The zero-order valence-corrected chi connectivity index (χ0v) is 13.6. The van der Waals surface area contributed by atoms with Crippen LogP contribution in [0.5, 0.6) is 0 Å². The molecule has 2 N–H and O–H groups in total. The first-order chi connectivity index (χ1) is 9.63. The molecule has 0 radical (unpaired) electrons. The Kier molecular flexibility index (Phi) is 7.33. The standard InChI is InChI=1S/C12H19N5OS2/c1-4-7-8-19-11-14-15-12(17(11)13)20-9-10(18)16(5-2)6-3/h5-6,8-9,13H2,1-3H3. The van der Waals surface area contributed by atoms with Gasteiger partial charge in [0.05, 0.1) is 11.5 Å². The van der Waals surface area contributed by atoms with E-state index in [2.05, 4.69) is 22.0 Å². The van der Waals surface area contributed by atoms with Gasteiger partial charge in [-0.2, -0.15) is 0 Å². The monoisotopic (exact) mass is 313 g/mol. The number of nitrogens with two attached hydrogens (primary N) is 1. The number of rotatable bonds is 7. The summed E-state index contributed by atoms with van der Waals surface area (Å²) in [5.74, 6) is 12.6. The Bertz CT molecular complexity index is 502. The molecule has 0 aromatic carbocycles. The summed E-state index contributed by atoms with van der Waals surface area (Å²) in [6.45, 7) is 7.12. The van der Waals surface area contributed by atoms with Crippen molar-refractivity contribution in [2.75, 3.05) is 30.4 Å². The van der Waals surface area contributed by atoms with Gasteiger partial charge in [0.15, 0.2) is 0 Å². The van der Waals surface area contributed by atoms with Crippen LogP contribution in [-0.4, -0.2) is 50.3 Å². The highest BCUT2D eigenvalue weighted by molar-refractivity contribution is 8.00. The Labute approximate surface area is 127 Å². The van der Waals surface area contributed by atoms with E-state index < -0.39 is 0 Å². The van der Waals surface area contributed by atoms with Crippen LogP contribution in [0, 0.1) is 11.8 Å². The van der Waals surface area contributed by atoms with Crippen LogP contribution in [0.4, 0.5) is 0 Å². The minimum atomic E-state index is 0.0778. The lowest BCUT2D eigenvalue weighted by Crippen LogP contribution is -2.32. The second-order valence-corrected chi connectivity index (χ2v) is 5.59. The SMILES string of the molecule is CC#CCSc1nnc(SCC(=O)N(CC)CC)n1N. The van der Waals surface area contributed by atoms with Gasteiger partial charge < -0.3 is 10.7 Å². The number of hydrogen-bond donors (Lipinski definition) is 1. The Balaban J connectivity index is 2.56. The van der Waals surface area contributed by atoms with Crippen LogP contribution in [0.1, 0.15) is 20.8 Å². The summed E-state index contributed by atoms with van der Waals surface area (Å²) >= 11 is 2.72. The van der Waals surface area contributed by atoms with Crippen molar-refractivity contribution in [1.29, 1.82) is 0 Å². The van der Waals surface area contributed by atoms with E-state index in [9.17, 15) is 4.79 Å². The minimum Gasteiger partial charge on any atom is -0.343 e. The normalized spacial score (nSPS) is 9.95. The molecule has 0 unspecified atom stereocenters. The second kappa shape index (κ2) is 8.76. The van der Waals surface area contributed by atoms with Gasteiger partial charge in [-0.1, -0.05) is 29.4 Å². The number of carbonyl (C=O) groups excluding carboxylic acids is 1. The smallest absolute Gasteiger partial charge is 0.233 e. The number of thioether (sulfide) groups is 2. The van der Waals surface area contributed by atoms with Crippen LogP contribution in [0.15, 0.2) is 10.3 Å². The topological polar surface area (TPSA) is 77.0 Å². The Morgan fingerprint density at radius 2 is 1.90 bits per heavy atom. The molecular weight excluding hydrogens is 294 g/mol. The van der Waals surface area contributed by atoms with E-state index in [1.807, 2.05) is 13.8 Å². The molecule has 0 atom stereocenters. The van der Waals surface area contributed by atoms with Gasteiger partial charge in [0.1, 0.15) is 0 Å². The largest absolute Gasteiger partial charge is 0.343 e. The minimum absolute atomic E-state index is 0.0778. The first-order valence-electron chi connectivity index (χ1n) is 6.27. The maximum atomic E-state index is 11.9. The zero-order valence-electron chi connectivity index (χ0n) is 11.9. The summed E-state index contributed by atoms with van der Waals surface area (Å²) in [5, 5.41) is 9.12. The lowest BCUT2D eigenvalue weighted by atomic mass is 10.5. The summed E-state index contributed by atoms with van der Waals surface area (Å²) in [7, 11) is 0. The fraction of sp³-hybridized carbons (Fsp3) is 0.583. The van der Waals surface area contributed by atoms with E-state index >= 15 is 0 Å². The van der Waals surface area contributed by atoms with Gasteiger partial charge in [-0.25, -0.2) is 4.68 Å². The molecule has 1 amide bonds. The van der Waals surface area contributed by atoms with Gasteiger partial charge in [0.25, 0.3) is 0 Å². The van der Waals surface area contributed by atoms with Crippen molar-refractivity contribution in [2.45, 2.75) is 31.1 Å². The third-order valence-electron chi connectivity index (χ3n) is 2.52. The van der Waals surface area contributed by atoms with Crippen molar-refractivity contribution in [3.8, 4) is 11.8 Å². The first kappa shape index (κ1) is 16.7. The third kappa shape index (κ3) is 4.65. The van der Waals surface area contributed by atoms with Crippen molar-refractivity contribution in [3.63, 3.8) is 0 Å². The van der Waals surface area contributed by atoms with Crippen LogP contribution in [-0.2, 0) is 4.79 Å². The summed E-state index contributed by atoms with van der Waals surface area (Å²) < 4.78 is 1.40. The highest BCUT2D eigenvalue weighted by Gasteiger charge is 2.14. The molecule has 0 spiro atoms. The zero-order chi connectivity index (χ0) is 15.0. The van der Waals surface area contributed by atoms with E-state index in [1.165, 1.54) is 28.2 Å². The summed E-state index contributed by atoms with van der Waals surface area (Å²) in [5.41, 5.74) is 0. The van der Waals surface area contributed by atoms with Crippen molar-refractivity contribution in [3.05, 3.63) is 0 Å². The lowest BCUT2D eigenvalue weighted by molar-refractivity contribution is -0.127. The first-order valence-corrected chi connectivity index (χ1v) is 8.24. The molecule has 20 heavy (non-hydrogen) atoms. The van der Waals surface area contributed by atoms with Crippen LogP contribution in [0.2, 0.25) is 0 Å². The van der Waals surface area contributed by atoms with Gasteiger partial charge >= 0.3 is 0 Å². The molecule has 1 aromatic heterocycles. The van der Waals surface area contributed by atoms with Gasteiger partial charge in [0, 0.05) is 13.1 Å². The number of nitrogens with zero attached hydrogens (tertiary/aromatic N) is 4. The molecule has 0 aliphatic carbocycles. The molecule has 1 aromatic rings. The quantitative estimate of drug-likeness (QED) is 0.461. The molecule has 0 aliphatic rings. The fourth-order valence-electron chi connectivity index (χ4n) is 1.43. The molecular formula is C12H19N5OS2. The average molecular weight is 313 g/mol. The third-order valence-corrected chi connectivity index (χ3v) is 4.28. The van der Waals surface area contributed by atoms with Crippen molar-refractivity contribution < 1.29 is 4.79 Å². The number of carbonyl (C=O) groups is 1.